The van der Waals surface area contributed by atoms with E-state index < -0.39 is 12.1 Å². The van der Waals surface area contributed by atoms with Crippen molar-refractivity contribution in [1.82, 2.24) is 5.32 Å². The van der Waals surface area contributed by atoms with Crippen LogP contribution >= 0.6 is 0 Å². The molecule has 0 saturated heterocycles. The Morgan fingerprint density at radius 3 is 0.946 bits per heavy atom. The van der Waals surface area contributed by atoms with Crippen LogP contribution in [0, 0.1) is 0 Å². The second-order valence-corrected chi connectivity index (χ2v) is 20.4. The Morgan fingerprint density at radius 1 is 0.338 bits per heavy atom. The normalized spacial score (nSPS) is 13.8. The molecule has 2 unspecified atom stereocenters. The fourth-order valence-corrected chi connectivity index (χ4v) is 8.62. The predicted octanol–water partition coefficient (Wildman–Crippen LogP) is 21.1. The molecular weight excluding hydrogens is 903 g/mol. The van der Waals surface area contributed by atoms with Crippen LogP contribution in [0.2, 0.25) is 0 Å². The third-order valence-electron chi connectivity index (χ3n) is 13.3. The zero-order valence-electron chi connectivity index (χ0n) is 48.3. The Labute approximate surface area is 459 Å². The van der Waals surface area contributed by atoms with Gasteiger partial charge in [0.25, 0.3) is 0 Å². The first-order valence-electron chi connectivity index (χ1n) is 31.0. The van der Waals surface area contributed by atoms with E-state index in [1.54, 1.807) is 6.08 Å². The Kier molecular flexibility index (Phi) is 60.4. The average Bonchev–Trinajstić information content (AvgIpc) is 3.40. The number of nitrogens with one attached hydrogen (secondary N) is 1. The maximum Gasteiger partial charge on any atom is 0.220 e. The van der Waals surface area contributed by atoms with Crippen molar-refractivity contribution < 1.29 is 15.0 Å². The molecular formula is C70H117NO3. The second-order valence-electron chi connectivity index (χ2n) is 20.4. The van der Waals surface area contributed by atoms with E-state index in [0.29, 0.717) is 6.42 Å². The largest absolute Gasteiger partial charge is 0.394 e. The smallest absolute Gasteiger partial charge is 0.220 e. The molecule has 420 valence electrons. The number of aliphatic hydroxyl groups is 2. The van der Waals surface area contributed by atoms with Crippen LogP contribution in [0.1, 0.15) is 271 Å². The van der Waals surface area contributed by atoms with Crippen molar-refractivity contribution in [3.05, 3.63) is 146 Å². The SMILES string of the molecule is CC/C=C\C/C=C\C/C=C\C/C=C\C/C=C\C/C=C\C/C=C\C/C=C\C/C=C\CCCCCCCCCCCCCCCC(=O)NC(CO)C(O)/C=C/CC/C=C/CC/C=C/CCCCCCCCCCCCC. The third kappa shape index (κ3) is 59.2. The Morgan fingerprint density at radius 2 is 0.608 bits per heavy atom. The predicted molar refractivity (Wildman–Crippen MR) is 331 cm³/mol. The fourth-order valence-electron chi connectivity index (χ4n) is 8.62. The minimum absolute atomic E-state index is 0.0834. The van der Waals surface area contributed by atoms with Gasteiger partial charge in [-0.15, -0.1) is 0 Å². The van der Waals surface area contributed by atoms with E-state index in [4.69, 9.17) is 0 Å². The molecule has 0 heterocycles. The number of amides is 1. The number of aliphatic hydroxyl groups excluding tert-OH is 2. The van der Waals surface area contributed by atoms with E-state index in [-0.39, 0.29) is 12.5 Å². The molecule has 0 aliphatic heterocycles. The molecule has 74 heavy (non-hydrogen) atoms. The van der Waals surface area contributed by atoms with E-state index in [0.717, 1.165) is 96.3 Å². The molecule has 0 aromatic carbocycles. The summed E-state index contributed by atoms with van der Waals surface area (Å²) in [5.41, 5.74) is 0. The Bertz CT molecular complexity index is 1530. The van der Waals surface area contributed by atoms with Crippen LogP contribution in [0.5, 0.6) is 0 Å². The molecule has 1 amide bonds. The monoisotopic (exact) mass is 1020 g/mol. The number of unbranched alkanes of at least 4 members (excludes halogenated alkanes) is 26. The van der Waals surface area contributed by atoms with E-state index in [1.165, 1.54) is 154 Å². The summed E-state index contributed by atoms with van der Waals surface area (Å²) in [4.78, 5) is 12.5. The number of allylic oxidation sites excluding steroid dienone is 23. The first-order valence-corrected chi connectivity index (χ1v) is 31.0. The standard InChI is InChI=1S/C70H117NO3/c1-3-5-7-9-11-13-15-17-19-21-23-25-26-27-28-29-30-31-32-33-34-35-36-37-38-39-40-41-42-43-44-46-48-50-52-54-56-58-60-62-64-66-70(74)71-68(67-72)69(73)65-63-61-59-57-55-53-51-49-47-45-24-22-20-18-16-14-12-10-8-6-4-2/h5,7,11,13,17,19,23,25,27-28,30-31,33-34,36-37,39-40,47,49,55,57,63,65,68-69,72-73H,3-4,6,8-10,12,14-16,18,20-22,24,26,29,32,35,38,41-46,48,50-54,56,58-62,64,66-67H2,1-2H3,(H,71,74)/b7-5-,13-11-,19-17-,25-23-,28-27-,31-30-,34-33-,37-36-,40-39-,49-47+,57-55+,65-63+. The van der Waals surface area contributed by atoms with Gasteiger partial charge in [-0.25, -0.2) is 0 Å². The molecule has 4 heteroatoms. The average molecular weight is 1020 g/mol. The third-order valence-corrected chi connectivity index (χ3v) is 13.3. The van der Waals surface area contributed by atoms with Gasteiger partial charge in [0.1, 0.15) is 0 Å². The molecule has 0 fully saturated rings. The number of hydrogen-bond acceptors (Lipinski definition) is 3. The van der Waals surface area contributed by atoms with Crippen LogP contribution < -0.4 is 5.32 Å². The first kappa shape index (κ1) is 70.3. The molecule has 0 rings (SSSR count). The van der Waals surface area contributed by atoms with Gasteiger partial charge in [-0.05, 0) is 116 Å². The first-order chi connectivity index (χ1) is 36.7. The zero-order chi connectivity index (χ0) is 53.4. The molecule has 4 nitrogen and oxygen atoms in total. The maximum absolute atomic E-state index is 12.5. The lowest BCUT2D eigenvalue weighted by Crippen LogP contribution is -2.45. The van der Waals surface area contributed by atoms with E-state index in [1.807, 2.05) is 6.08 Å². The molecule has 0 aromatic rings. The van der Waals surface area contributed by atoms with Crippen molar-refractivity contribution in [3.8, 4) is 0 Å². The molecule has 0 aliphatic carbocycles. The van der Waals surface area contributed by atoms with Crippen molar-refractivity contribution in [2.45, 2.75) is 283 Å². The minimum atomic E-state index is -0.880. The second kappa shape index (κ2) is 63.6. The molecule has 0 bridgehead atoms. The van der Waals surface area contributed by atoms with Gasteiger partial charge in [-0.2, -0.15) is 0 Å². The van der Waals surface area contributed by atoms with Crippen molar-refractivity contribution in [2.75, 3.05) is 6.61 Å². The lowest BCUT2D eigenvalue weighted by Gasteiger charge is -2.19. The van der Waals surface area contributed by atoms with Crippen molar-refractivity contribution in [3.63, 3.8) is 0 Å². The number of hydrogen-bond donors (Lipinski definition) is 3. The molecule has 0 spiro atoms. The molecule has 0 radical (unpaired) electrons. The number of carbonyl (C=O) groups excluding carboxylic acids is 1. The fraction of sp³-hybridized carbons (Fsp3) is 0.643. The van der Waals surface area contributed by atoms with Crippen molar-refractivity contribution in [1.29, 1.82) is 0 Å². The summed E-state index contributed by atoms with van der Waals surface area (Å²) < 4.78 is 0. The summed E-state index contributed by atoms with van der Waals surface area (Å²) in [6.45, 7) is 4.18. The van der Waals surface area contributed by atoms with E-state index in [2.05, 4.69) is 153 Å². The van der Waals surface area contributed by atoms with Crippen molar-refractivity contribution in [2.24, 2.45) is 0 Å². The number of carbonyl (C=O) groups is 1. The highest BCUT2D eigenvalue weighted by molar-refractivity contribution is 5.76. The topological polar surface area (TPSA) is 69.6 Å². The molecule has 0 aliphatic rings. The van der Waals surface area contributed by atoms with E-state index >= 15 is 0 Å². The maximum atomic E-state index is 12.5. The van der Waals surface area contributed by atoms with Crippen LogP contribution in [0.25, 0.3) is 0 Å². The quantitative estimate of drug-likeness (QED) is 0.0420. The van der Waals surface area contributed by atoms with Crippen LogP contribution in [0.4, 0.5) is 0 Å². The van der Waals surface area contributed by atoms with Gasteiger partial charge < -0.3 is 15.5 Å². The van der Waals surface area contributed by atoms with Gasteiger partial charge in [-0.1, -0.05) is 295 Å². The van der Waals surface area contributed by atoms with Gasteiger partial charge >= 0.3 is 0 Å². The van der Waals surface area contributed by atoms with Crippen LogP contribution in [0.15, 0.2) is 146 Å². The summed E-state index contributed by atoms with van der Waals surface area (Å²) in [5.74, 6) is -0.0834. The summed E-state index contributed by atoms with van der Waals surface area (Å²) in [6, 6.07) is -0.656. The Balaban J connectivity index is 3.61. The lowest BCUT2D eigenvalue weighted by atomic mass is 10.0. The van der Waals surface area contributed by atoms with Crippen LogP contribution in [0.3, 0.4) is 0 Å². The van der Waals surface area contributed by atoms with Crippen LogP contribution in [-0.2, 0) is 4.79 Å². The minimum Gasteiger partial charge on any atom is -0.394 e. The van der Waals surface area contributed by atoms with Gasteiger partial charge in [0, 0.05) is 6.42 Å². The van der Waals surface area contributed by atoms with Crippen molar-refractivity contribution >= 4 is 5.91 Å². The van der Waals surface area contributed by atoms with Gasteiger partial charge in [-0.3, -0.25) is 4.79 Å². The van der Waals surface area contributed by atoms with E-state index in [9.17, 15) is 15.0 Å². The highest BCUT2D eigenvalue weighted by atomic mass is 16.3. The molecule has 2 atom stereocenters. The van der Waals surface area contributed by atoms with Gasteiger partial charge in [0.15, 0.2) is 0 Å². The molecule has 3 N–H and O–H groups in total. The zero-order valence-corrected chi connectivity index (χ0v) is 48.3. The van der Waals surface area contributed by atoms with Gasteiger partial charge in [0.05, 0.1) is 18.8 Å². The highest BCUT2D eigenvalue weighted by Crippen LogP contribution is 2.15. The number of rotatable bonds is 55. The van der Waals surface area contributed by atoms with Crippen LogP contribution in [-0.4, -0.2) is 34.9 Å². The summed E-state index contributed by atoms with van der Waals surface area (Å²) >= 11 is 0. The highest BCUT2D eigenvalue weighted by Gasteiger charge is 2.18. The summed E-state index contributed by atoms with van der Waals surface area (Å²) in [6.07, 6.45) is 100. The lowest BCUT2D eigenvalue weighted by molar-refractivity contribution is -0.123. The summed E-state index contributed by atoms with van der Waals surface area (Å²) in [5, 5.41) is 23.2. The summed E-state index contributed by atoms with van der Waals surface area (Å²) in [7, 11) is 0. The molecule has 0 saturated carbocycles. The Hall–Kier alpha value is -3.73. The molecule has 0 aromatic heterocycles. The van der Waals surface area contributed by atoms with Gasteiger partial charge in [0.2, 0.25) is 5.91 Å².